The van der Waals surface area contributed by atoms with Crippen LogP contribution in [0.4, 0.5) is 4.79 Å². The highest BCUT2D eigenvalue weighted by Gasteiger charge is 2.55. The Kier molecular flexibility index (Phi) is 3.35. The number of carbonyl (C=O) groups excluding carboxylic acids is 1. The van der Waals surface area contributed by atoms with Crippen molar-refractivity contribution in [3.8, 4) is 0 Å². The number of halogens is 1. The van der Waals surface area contributed by atoms with Crippen LogP contribution in [-0.4, -0.2) is 39.5 Å². The molecule has 1 aliphatic heterocycles. The van der Waals surface area contributed by atoms with Crippen molar-refractivity contribution < 1.29 is 9.53 Å². The Bertz CT molecular complexity index is 562. The van der Waals surface area contributed by atoms with Crippen molar-refractivity contribution in [2.24, 2.45) is 5.41 Å². The van der Waals surface area contributed by atoms with Crippen LogP contribution in [0, 0.1) is 12.3 Å². The normalized spacial score (nSPS) is 21.1. The molecule has 1 aromatic rings. The number of hydrogen-bond acceptors (Lipinski definition) is 3. The van der Waals surface area contributed by atoms with E-state index >= 15 is 0 Å². The van der Waals surface area contributed by atoms with E-state index in [2.05, 4.69) is 32.6 Å². The van der Waals surface area contributed by atoms with Gasteiger partial charge in [-0.05, 0) is 56.5 Å². The number of hydrogen-bond donors (Lipinski definition) is 0. The SMILES string of the molecule is Cc1c(Br)cnn1C1CC2(C1)CN(C(=O)OC(C)(C)C)C2. The van der Waals surface area contributed by atoms with Crippen LogP contribution >= 0.6 is 15.9 Å². The van der Waals surface area contributed by atoms with Crippen molar-refractivity contribution in [1.29, 1.82) is 0 Å². The van der Waals surface area contributed by atoms with E-state index in [-0.39, 0.29) is 6.09 Å². The molecule has 2 aliphatic rings. The number of amides is 1. The molecule has 0 N–H and O–H groups in total. The van der Waals surface area contributed by atoms with Gasteiger partial charge in [-0.1, -0.05) is 0 Å². The van der Waals surface area contributed by atoms with Crippen LogP contribution < -0.4 is 0 Å². The Morgan fingerprint density at radius 1 is 1.43 bits per heavy atom. The molecule has 0 radical (unpaired) electrons. The predicted molar refractivity (Wildman–Crippen MR) is 83.2 cm³/mol. The van der Waals surface area contributed by atoms with Gasteiger partial charge in [-0.2, -0.15) is 5.10 Å². The molecule has 2 fully saturated rings. The summed E-state index contributed by atoms with van der Waals surface area (Å²) in [6.07, 6.45) is 3.87. The molecule has 1 saturated carbocycles. The third-order valence-electron chi connectivity index (χ3n) is 4.37. The van der Waals surface area contributed by atoms with Crippen molar-refractivity contribution >= 4 is 22.0 Å². The van der Waals surface area contributed by atoms with Gasteiger partial charge >= 0.3 is 6.09 Å². The lowest BCUT2D eigenvalue weighted by atomic mass is 9.61. The Morgan fingerprint density at radius 3 is 2.52 bits per heavy atom. The van der Waals surface area contributed by atoms with Crippen LogP contribution in [-0.2, 0) is 4.74 Å². The highest BCUT2D eigenvalue weighted by Crippen LogP contribution is 2.54. The molecule has 3 rings (SSSR count). The summed E-state index contributed by atoms with van der Waals surface area (Å²) in [4.78, 5) is 13.8. The summed E-state index contributed by atoms with van der Waals surface area (Å²) in [6.45, 7) is 9.42. The van der Waals surface area contributed by atoms with Gasteiger partial charge in [-0.3, -0.25) is 4.68 Å². The summed E-state index contributed by atoms with van der Waals surface area (Å²) in [5.41, 5.74) is 1.06. The first-order chi connectivity index (χ1) is 9.69. The molecule has 1 aromatic heterocycles. The highest BCUT2D eigenvalue weighted by molar-refractivity contribution is 9.10. The highest BCUT2D eigenvalue weighted by atomic mass is 79.9. The second kappa shape index (κ2) is 4.73. The van der Waals surface area contributed by atoms with E-state index in [0.29, 0.717) is 11.5 Å². The monoisotopic (exact) mass is 355 g/mol. The topological polar surface area (TPSA) is 47.4 Å². The molecule has 0 atom stereocenters. The van der Waals surface area contributed by atoms with Crippen LogP contribution in [0.5, 0.6) is 0 Å². The molecule has 1 spiro atoms. The van der Waals surface area contributed by atoms with Gasteiger partial charge in [0.05, 0.1) is 16.7 Å². The molecule has 6 heteroatoms. The fraction of sp³-hybridized carbons (Fsp3) is 0.733. The molecule has 2 heterocycles. The number of aromatic nitrogens is 2. The second-order valence-corrected chi connectivity index (χ2v) is 8.28. The first-order valence-electron chi connectivity index (χ1n) is 7.37. The maximum absolute atomic E-state index is 12.0. The van der Waals surface area contributed by atoms with Gasteiger partial charge in [0, 0.05) is 24.2 Å². The lowest BCUT2D eigenvalue weighted by molar-refractivity contribution is -0.0931. The first kappa shape index (κ1) is 14.9. The van der Waals surface area contributed by atoms with Crippen molar-refractivity contribution in [3.63, 3.8) is 0 Å². The van der Waals surface area contributed by atoms with E-state index in [9.17, 15) is 4.79 Å². The Balaban J connectivity index is 1.52. The zero-order valence-electron chi connectivity index (χ0n) is 13.0. The third-order valence-corrected chi connectivity index (χ3v) is 5.15. The summed E-state index contributed by atoms with van der Waals surface area (Å²) in [5, 5.41) is 4.43. The summed E-state index contributed by atoms with van der Waals surface area (Å²) >= 11 is 3.50. The molecule has 1 amide bonds. The Labute approximate surface area is 133 Å². The van der Waals surface area contributed by atoms with E-state index in [0.717, 1.165) is 30.4 Å². The average Bonchev–Trinajstić information content (AvgIpc) is 2.54. The minimum Gasteiger partial charge on any atom is -0.444 e. The fourth-order valence-corrected chi connectivity index (χ4v) is 3.63. The number of ether oxygens (including phenoxy) is 1. The predicted octanol–water partition coefficient (Wildman–Crippen LogP) is 3.53. The average molecular weight is 356 g/mol. The number of carbonyl (C=O) groups is 1. The van der Waals surface area contributed by atoms with Gasteiger partial charge < -0.3 is 9.64 Å². The largest absolute Gasteiger partial charge is 0.444 e. The van der Waals surface area contributed by atoms with Crippen LogP contribution in [0.1, 0.15) is 45.3 Å². The van der Waals surface area contributed by atoms with Gasteiger partial charge in [0.2, 0.25) is 0 Å². The van der Waals surface area contributed by atoms with Crippen LogP contribution in [0.15, 0.2) is 10.7 Å². The fourth-order valence-electron chi connectivity index (χ4n) is 3.36. The smallest absolute Gasteiger partial charge is 0.410 e. The second-order valence-electron chi connectivity index (χ2n) is 7.42. The van der Waals surface area contributed by atoms with E-state index in [1.807, 2.05) is 31.9 Å². The molecule has 5 nitrogen and oxygen atoms in total. The van der Waals surface area contributed by atoms with Crippen molar-refractivity contribution in [1.82, 2.24) is 14.7 Å². The van der Waals surface area contributed by atoms with E-state index < -0.39 is 5.60 Å². The number of likely N-dealkylation sites (tertiary alicyclic amines) is 1. The third kappa shape index (κ3) is 2.70. The molecule has 116 valence electrons. The molecule has 1 aliphatic carbocycles. The Morgan fingerprint density at radius 2 is 2.05 bits per heavy atom. The maximum atomic E-state index is 12.0. The zero-order chi connectivity index (χ0) is 15.4. The maximum Gasteiger partial charge on any atom is 0.410 e. The molecule has 0 unspecified atom stereocenters. The molecular weight excluding hydrogens is 334 g/mol. The van der Waals surface area contributed by atoms with Crippen LogP contribution in [0.25, 0.3) is 0 Å². The van der Waals surface area contributed by atoms with Crippen LogP contribution in [0.3, 0.4) is 0 Å². The molecular formula is C15H22BrN3O2. The van der Waals surface area contributed by atoms with Crippen LogP contribution in [0.2, 0.25) is 0 Å². The van der Waals surface area contributed by atoms with Gasteiger partial charge in [0.1, 0.15) is 5.60 Å². The lowest BCUT2D eigenvalue weighted by Gasteiger charge is -2.58. The van der Waals surface area contributed by atoms with E-state index in [4.69, 9.17) is 4.74 Å². The minimum absolute atomic E-state index is 0.186. The summed E-state index contributed by atoms with van der Waals surface area (Å²) in [5.74, 6) is 0. The van der Waals surface area contributed by atoms with Gasteiger partial charge in [0.25, 0.3) is 0 Å². The Hall–Kier alpha value is -1.04. The van der Waals surface area contributed by atoms with Crippen molar-refractivity contribution in [2.75, 3.05) is 13.1 Å². The number of rotatable bonds is 1. The van der Waals surface area contributed by atoms with Gasteiger partial charge in [-0.15, -0.1) is 0 Å². The quantitative estimate of drug-likeness (QED) is 0.774. The van der Waals surface area contributed by atoms with E-state index in [1.165, 1.54) is 5.69 Å². The van der Waals surface area contributed by atoms with Gasteiger partial charge in [0.15, 0.2) is 0 Å². The zero-order valence-corrected chi connectivity index (χ0v) is 14.6. The summed E-state index contributed by atoms with van der Waals surface area (Å²) in [6, 6.07) is 0.470. The van der Waals surface area contributed by atoms with Gasteiger partial charge in [-0.25, -0.2) is 4.79 Å². The molecule has 21 heavy (non-hydrogen) atoms. The van der Waals surface area contributed by atoms with Crippen molar-refractivity contribution in [2.45, 2.75) is 52.2 Å². The minimum atomic E-state index is -0.416. The van der Waals surface area contributed by atoms with Crippen molar-refractivity contribution in [3.05, 3.63) is 16.4 Å². The summed E-state index contributed by atoms with van der Waals surface area (Å²) in [7, 11) is 0. The summed E-state index contributed by atoms with van der Waals surface area (Å²) < 4.78 is 8.57. The lowest BCUT2D eigenvalue weighted by Crippen LogP contribution is -2.64. The number of nitrogens with zero attached hydrogens (tertiary/aromatic N) is 3. The van der Waals surface area contributed by atoms with E-state index in [1.54, 1.807) is 0 Å². The molecule has 0 aromatic carbocycles. The standard InChI is InChI=1S/C15H22BrN3O2/c1-10-12(16)7-17-19(10)11-5-15(6-11)8-18(9-15)13(20)21-14(2,3)4/h7,11H,5-6,8-9H2,1-4H3. The molecule has 1 saturated heterocycles. The first-order valence-corrected chi connectivity index (χ1v) is 8.16. The molecule has 0 bridgehead atoms.